The summed E-state index contributed by atoms with van der Waals surface area (Å²) in [5.41, 5.74) is 11.6. The molecule has 4 aromatic carbocycles. The molecule has 0 aromatic heterocycles. The number of benzene rings is 4. The van der Waals surface area contributed by atoms with Gasteiger partial charge in [-0.1, -0.05) is 0 Å². The van der Waals surface area contributed by atoms with Crippen LogP contribution in [0.1, 0.15) is 81.3 Å². The molecule has 6 rings (SSSR count). The molecule has 2 aliphatic rings. The fourth-order valence-electron chi connectivity index (χ4n) is 6.24. The van der Waals surface area contributed by atoms with Crippen molar-refractivity contribution >= 4 is 63.2 Å². The van der Waals surface area contributed by atoms with Gasteiger partial charge < -0.3 is 0 Å². The molecule has 0 unspecified atom stereocenters. The normalized spacial score (nSPS) is 13.4. The molecule has 4 aromatic rings. The maximum Gasteiger partial charge on any atom is -0.147 e. The minimum Gasteiger partial charge on any atom is -0.147 e. The SMILES string of the molecule is CC(C)(C)c1ccc2c(c1)-c1cc(C(C)(C)C)c[c]([Zr]([C]3=CC=CC3)=[C](c3cccc(Br)c3)c3cccc(Br)c3)c1C2.Cl.Cl. The van der Waals surface area contributed by atoms with E-state index in [0.717, 1.165) is 21.8 Å². The molecular weight excluding hydrogens is 790 g/mol. The van der Waals surface area contributed by atoms with E-state index in [2.05, 4.69) is 170 Å². The second kappa shape index (κ2) is 13.8. The van der Waals surface area contributed by atoms with Gasteiger partial charge in [0.25, 0.3) is 0 Å². The standard InChI is InChI=1S/C21H25.C13H8Br2.C5H5.2ClH.Zr/c1-20(2,3)16-9-7-14-11-15-8-10-17(21(4,5)6)13-19(15)18(14)12-16;14-12-5-1-3-10(8-12)7-11-4-2-6-13(15)9-11;1-2-4-5-3-1;;;/h7,9-10,12-13H,11H2,1-6H3;1-6,8-9H;1-3H,4H2;2*1H;. The van der Waals surface area contributed by atoms with Crippen molar-refractivity contribution < 1.29 is 21.3 Å². The Morgan fingerprint density at radius 3 is 1.80 bits per heavy atom. The molecular formula is C39H40Br2Cl2Zr. The van der Waals surface area contributed by atoms with Crippen LogP contribution in [0.25, 0.3) is 11.1 Å². The molecule has 228 valence electrons. The second-order valence-electron chi connectivity index (χ2n) is 13.7. The van der Waals surface area contributed by atoms with Gasteiger partial charge in [-0.25, -0.2) is 0 Å². The molecule has 5 heteroatoms. The van der Waals surface area contributed by atoms with Crippen molar-refractivity contribution in [3.8, 4) is 11.1 Å². The third kappa shape index (κ3) is 7.13. The van der Waals surface area contributed by atoms with Gasteiger partial charge in [-0.3, -0.25) is 0 Å². The monoisotopic (exact) mass is 826 g/mol. The van der Waals surface area contributed by atoms with E-state index in [4.69, 9.17) is 0 Å². The third-order valence-electron chi connectivity index (χ3n) is 8.59. The van der Waals surface area contributed by atoms with Gasteiger partial charge in [0.2, 0.25) is 0 Å². The van der Waals surface area contributed by atoms with Crippen LogP contribution < -0.4 is 3.27 Å². The van der Waals surface area contributed by atoms with Gasteiger partial charge in [0.05, 0.1) is 0 Å². The maximum absolute atomic E-state index is 3.81. The van der Waals surface area contributed by atoms with Gasteiger partial charge in [0.1, 0.15) is 0 Å². The Hall–Kier alpha value is -1.35. The van der Waals surface area contributed by atoms with Crippen LogP contribution in [0, 0.1) is 0 Å². The van der Waals surface area contributed by atoms with E-state index in [1.54, 1.807) is 15.3 Å². The van der Waals surface area contributed by atoms with Crippen LogP contribution >= 0.6 is 56.7 Å². The quantitative estimate of drug-likeness (QED) is 0.169. The smallest absolute Gasteiger partial charge is 0.147 e. The largest absolute Gasteiger partial charge is 0.147 e. The van der Waals surface area contributed by atoms with Crippen molar-refractivity contribution in [2.75, 3.05) is 0 Å². The van der Waals surface area contributed by atoms with Gasteiger partial charge in [0, 0.05) is 0 Å². The van der Waals surface area contributed by atoms with Gasteiger partial charge in [-0.15, -0.1) is 24.8 Å². The molecule has 0 saturated heterocycles. The summed E-state index contributed by atoms with van der Waals surface area (Å²) in [5.74, 6) is 0. The van der Waals surface area contributed by atoms with E-state index < -0.39 is 21.3 Å². The van der Waals surface area contributed by atoms with E-state index in [9.17, 15) is 0 Å². The topological polar surface area (TPSA) is 0 Å². The minimum absolute atomic E-state index is 0. The molecule has 0 spiro atoms. The zero-order valence-corrected chi connectivity index (χ0v) is 33.5. The Labute approximate surface area is 300 Å². The van der Waals surface area contributed by atoms with Crippen LogP contribution in [0.15, 0.2) is 109 Å². The van der Waals surface area contributed by atoms with E-state index >= 15 is 0 Å². The van der Waals surface area contributed by atoms with Crippen molar-refractivity contribution in [2.45, 2.75) is 65.2 Å². The first-order valence-corrected chi connectivity index (χ1v) is 20.1. The molecule has 0 saturated carbocycles. The zero-order valence-electron chi connectivity index (χ0n) is 26.2. The van der Waals surface area contributed by atoms with Crippen LogP contribution in [0.4, 0.5) is 0 Å². The van der Waals surface area contributed by atoms with Crippen LogP contribution in [0.5, 0.6) is 0 Å². The van der Waals surface area contributed by atoms with Gasteiger partial charge >= 0.3 is 279 Å². The van der Waals surface area contributed by atoms with Crippen molar-refractivity contribution in [1.82, 2.24) is 0 Å². The van der Waals surface area contributed by atoms with E-state index in [1.807, 2.05) is 0 Å². The molecule has 0 amide bonds. The van der Waals surface area contributed by atoms with E-state index in [0.29, 0.717) is 0 Å². The minimum atomic E-state index is -2.74. The Kier molecular flexibility index (Phi) is 11.1. The van der Waals surface area contributed by atoms with Crippen LogP contribution in [-0.4, -0.2) is 3.21 Å². The van der Waals surface area contributed by atoms with E-state index in [-0.39, 0.29) is 35.6 Å². The summed E-state index contributed by atoms with van der Waals surface area (Å²) < 4.78 is 7.09. The number of fused-ring (bicyclic) bond motifs is 3. The summed E-state index contributed by atoms with van der Waals surface area (Å²) in [5, 5.41) is 0. The van der Waals surface area contributed by atoms with E-state index in [1.165, 1.54) is 38.9 Å². The second-order valence-corrected chi connectivity index (χ2v) is 21.5. The van der Waals surface area contributed by atoms with Crippen LogP contribution in [0.2, 0.25) is 0 Å². The van der Waals surface area contributed by atoms with Gasteiger partial charge in [-0.2, -0.15) is 0 Å². The number of hydrogen-bond acceptors (Lipinski definition) is 0. The van der Waals surface area contributed by atoms with Gasteiger partial charge in [-0.05, 0) is 0 Å². The summed E-state index contributed by atoms with van der Waals surface area (Å²) in [4.78, 5) is 0. The first-order valence-electron chi connectivity index (χ1n) is 14.8. The molecule has 0 atom stereocenters. The fraction of sp³-hybridized carbons (Fsp3) is 0.256. The zero-order chi connectivity index (χ0) is 29.8. The molecule has 0 N–H and O–H groups in total. The Bertz CT molecular complexity index is 1770. The molecule has 0 radical (unpaired) electrons. The number of rotatable bonds is 4. The summed E-state index contributed by atoms with van der Waals surface area (Å²) in [6, 6.07) is 30.4. The first kappa shape index (κ1) is 35.5. The summed E-state index contributed by atoms with van der Waals surface area (Å²) in [6.07, 6.45) is 9.15. The Morgan fingerprint density at radius 1 is 0.682 bits per heavy atom. The van der Waals surface area contributed by atoms with Crippen molar-refractivity contribution in [3.63, 3.8) is 0 Å². The molecule has 0 fully saturated rings. The Balaban J connectivity index is 0.00000221. The van der Waals surface area contributed by atoms with Gasteiger partial charge in [0.15, 0.2) is 0 Å². The average molecular weight is 831 g/mol. The summed E-state index contributed by atoms with van der Waals surface area (Å²) in [7, 11) is 0. The third-order valence-corrected chi connectivity index (χ3v) is 17.1. The summed E-state index contributed by atoms with van der Waals surface area (Å²) in [6.45, 7) is 14.1. The molecule has 2 aliphatic carbocycles. The van der Waals surface area contributed by atoms with Crippen molar-refractivity contribution in [2.24, 2.45) is 0 Å². The molecule has 0 heterocycles. The average Bonchev–Trinajstić information content (AvgIpc) is 3.58. The first-order chi connectivity index (χ1) is 19.9. The number of halogens is 4. The number of allylic oxidation sites excluding steroid dienone is 4. The molecule has 0 bridgehead atoms. The number of hydrogen-bond donors (Lipinski definition) is 0. The predicted molar refractivity (Wildman–Crippen MR) is 200 cm³/mol. The van der Waals surface area contributed by atoms with Crippen LogP contribution in [-0.2, 0) is 38.5 Å². The Morgan fingerprint density at radius 2 is 1.27 bits per heavy atom. The predicted octanol–water partition coefficient (Wildman–Crippen LogP) is 11.6. The molecule has 0 aliphatic heterocycles. The van der Waals surface area contributed by atoms with Crippen LogP contribution in [0.3, 0.4) is 0 Å². The van der Waals surface area contributed by atoms with Crippen molar-refractivity contribution in [1.29, 1.82) is 0 Å². The van der Waals surface area contributed by atoms with Crippen molar-refractivity contribution in [3.05, 3.63) is 143 Å². The fourth-order valence-corrected chi connectivity index (χ4v) is 15.0. The molecule has 0 nitrogen and oxygen atoms in total. The molecule has 44 heavy (non-hydrogen) atoms. The summed E-state index contributed by atoms with van der Waals surface area (Å²) >= 11 is 4.87. The maximum atomic E-state index is 3.81.